The molecule has 0 bridgehead atoms. The average molecular weight is 182 g/mol. The number of aromatic nitrogens is 3. The van der Waals surface area contributed by atoms with Crippen LogP contribution in [0.5, 0.6) is 0 Å². The lowest BCUT2D eigenvalue weighted by atomic mass is 9.69. The fourth-order valence-corrected chi connectivity index (χ4v) is 0.909. The molecule has 4 heteroatoms. The van der Waals surface area contributed by atoms with Gasteiger partial charge in [-0.3, -0.25) is 5.10 Å². The predicted octanol–water partition coefficient (Wildman–Crippen LogP) is 1.71. The van der Waals surface area contributed by atoms with Gasteiger partial charge < -0.3 is 5.73 Å². The number of nitrogens with zero attached hydrogens (tertiary/aromatic N) is 2. The third kappa shape index (κ3) is 1.66. The Balaban J connectivity index is 3.07. The second kappa shape index (κ2) is 2.72. The molecule has 13 heavy (non-hydrogen) atoms. The fourth-order valence-electron chi connectivity index (χ4n) is 0.909. The number of nitrogen functional groups attached to an aromatic ring is 1. The van der Waals surface area contributed by atoms with E-state index < -0.39 is 0 Å². The highest BCUT2D eigenvalue weighted by Crippen LogP contribution is 2.38. The van der Waals surface area contributed by atoms with Crippen molar-refractivity contribution in [2.45, 2.75) is 40.0 Å². The molecule has 0 amide bonds. The van der Waals surface area contributed by atoms with Crippen LogP contribution >= 0.6 is 0 Å². The van der Waals surface area contributed by atoms with E-state index in [-0.39, 0.29) is 10.8 Å². The van der Waals surface area contributed by atoms with E-state index in [1.165, 1.54) is 0 Å². The minimum absolute atomic E-state index is 0.0579. The molecule has 0 fully saturated rings. The van der Waals surface area contributed by atoms with Crippen molar-refractivity contribution in [1.29, 1.82) is 0 Å². The number of nitrogens with two attached hydrogens (primary N) is 1. The van der Waals surface area contributed by atoms with Gasteiger partial charge in [-0.2, -0.15) is 4.98 Å². The lowest BCUT2D eigenvalue weighted by molar-refractivity contribution is 0.214. The van der Waals surface area contributed by atoms with E-state index in [1.54, 1.807) is 0 Å². The van der Waals surface area contributed by atoms with Crippen LogP contribution in [0.25, 0.3) is 0 Å². The molecule has 1 rings (SSSR count). The Morgan fingerprint density at radius 3 is 2.00 bits per heavy atom. The summed E-state index contributed by atoms with van der Waals surface area (Å²) in [7, 11) is 0. The Labute approximate surface area is 78.9 Å². The third-order valence-corrected chi connectivity index (χ3v) is 2.97. The number of rotatable bonds is 1. The molecule has 1 aromatic rings. The molecule has 0 unspecified atom stereocenters. The van der Waals surface area contributed by atoms with Crippen LogP contribution in [0.4, 0.5) is 5.95 Å². The van der Waals surface area contributed by atoms with Crippen LogP contribution in [0.2, 0.25) is 0 Å². The standard InChI is InChI=1S/C9H18N4/c1-8(2,3)9(4,5)6-11-7(10)13-12-6/h1-5H3,(H3,10,11,12,13). The van der Waals surface area contributed by atoms with E-state index in [2.05, 4.69) is 49.8 Å². The van der Waals surface area contributed by atoms with Crippen LogP contribution < -0.4 is 5.73 Å². The van der Waals surface area contributed by atoms with E-state index in [1.807, 2.05) is 0 Å². The molecular weight excluding hydrogens is 164 g/mol. The topological polar surface area (TPSA) is 67.6 Å². The first-order valence-corrected chi connectivity index (χ1v) is 4.43. The van der Waals surface area contributed by atoms with Gasteiger partial charge in [0, 0.05) is 5.41 Å². The van der Waals surface area contributed by atoms with Crippen molar-refractivity contribution in [3.05, 3.63) is 5.82 Å². The Morgan fingerprint density at radius 1 is 1.15 bits per heavy atom. The summed E-state index contributed by atoms with van der Waals surface area (Å²) in [6, 6.07) is 0. The average Bonchev–Trinajstić information content (AvgIpc) is 2.33. The van der Waals surface area contributed by atoms with Gasteiger partial charge in [-0.1, -0.05) is 34.6 Å². The summed E-state index contributed by atoms with van der Waals surface area (Å²) in [5.41, 5.74) is 5.53. The van der Waals surface area contributed by atoms with Crippen molar-refractivity contribution in [1.82, 2.24) is 15.2 Å². The minimum atomic E-state index is -0.0579. The van der Waals surface area contributed by atoms with Crippen molar-refractivity contribution in [3.63, 3.8) is 0 Å². The molecule has 3 N–H and O–H groups in total. The first kappa shape index (κ1) is 10.0. The lowest BCUT2D eigenvalue weighted by Gasteiger charge is -2.36. The van der Waals surface area contributed by atoms with Crippen molar-refractivity contribution in [3.8, 4) is 0 Å². The smallest absolute Gasteiger partial charge is 0.239 e. The Bertz CT molecular complexity index is 293. The summed E-state index contributed by atoms with van der Waals surface area (Å²) in [5.74, 6) is 1.16. The first-order valence-electron chi connectivity index (χ1n) is 4.43. The molecule has 0 aromatic carbocycles. The first-order chi connectivity index (χ1) is 5.75. The summed E-state index contributed by atoms with van der Waals surface area (Å²) in [4.78, 5) is 4.16. The van der Waals surface area contributed by atoms with E-state index in [0.717, 1.165) is 5.82 Å². The SMILES string of the molecule is CC(C)(C)C(C)(C)c1nc(N)n[nH]1. The molecule has 0 radical (unpaired) electrons. The molecule has 74 valence electrons. The largest absolute Gasteiger partial charge is 0.367 e. The van der Waals surface area contributed by atoms with E-state index >= 15 is 0 Å². The zero-order valence-corrected chi connectivity index (χ0v) is 8.97. The van der Waals surface area contributed by atoms with Gasteiger partial charge in [0.1, 0.15) is 5.82 Å². The van der Waals surface area contributed by atoms with Crippen molar-refractivity contribution in [2.24, 2.45) is 5.41 Å². The van der Waals surface area contributed by atoms with Crippen LogP contribution in [0.15, 0.2) is 0 Å². The predicted molar refractivity (Wildman–Crippen MR) is 53.3 cm³/mol. The van der Waals surface area contributed by atoms with Gasteiger partial charge in [0.05, 0.1) is 0 Å². The van der Waals surface area contributed by atoms with Crippen molar-refractivity contribution < 1.29 is 0 Å². The van der Waals surface area contributed by atoms with Crippen LogP contribution in [0, 0.1) is 5.41 Å². The summed E-state index contributed by atoms with van der Waals surface area (Å²) >= 11 is 0. The molecular formula is C9H18N4. The van der Waals surface area contributed by atoms with E-state index in [0.29, 0.717) is 5.95 Å². The third-order valence-electron chi connectivity index (χ3n) is 2.97. The second-order valence-corrected chi connectivity index (χ2v) is 4.92. The summed E-state index contributed by atoms with van der Waals surface area (Å²) in [6.07, 6.45) is 0. The number of nitrogens with one attached hydrogen (secondary N) is 1. The van der Waals surface area contributed by atoms with Crippen molar-refractivity contribution in [2.75, 3.05) is 5.73 Å². The molecule has 0 saturated carbocycles. The highest BCUT2D eigenvalue weighted by molar-refractivity contribution is 5.18. The molecule has 0 aliphatic heterocycles. The molecule has 0 saturated heterocycles. The normalized spacial score (nSPS) is 13.3. The zero-order chi connectivity index (χ0) is 10.3. The minimum Gasteiger partial charge on any atom is -0.367 e. The Kier molecular flexibility index (Phi) is 2.10. The highest BCUT2D eigenvalue weighted by Gasteiger charge is 2.37. The maximum Gasteiger partial charge on any atom is 0.239 e. The lowest BCUT2D eigenvalue weighted by Crippen LogP contribution is -2.35. The number of aromatic amines is 1. The van der Waals surface area contributed by atoms with Gasteiger partial charge in [0.2, 0.25) is 5.95 Å². The number of hydrogen-bond acceptors (Lipinski definition) is 3. The summed E-state index contributed by atoms with van der Waals surface area (Å²) in [6.45, 7) is 10.8. The van der Waals surface area contributed by atoms with Gasteiger partial charge in [0.15, 0.2) is 0 Å². The zero-order valence-electron chi connectivity index (χ0n) is 8.97. The van der Waals surface area contributed by atoms with Crippen LogP contribution in [0.3, 0.4) is 0 Å². The van der Waals surface area contributed by atoms with Gasteiger partial charge in [0.25, 0.3) is 0 Å². The molecule has 0 atom stereocenters. The van der Waals surface area contributed by atoms with Crippen molar-refractivity contribution >= 4 is 5.95 Å². The highest BCUT2D eigenvalue weighted by atomic mass is 15.3. The van der Waals surface area contributed by atoms with Crippen LogP contribution in [0.1, 0.15) is 40.4 Å². The van der Waals surface area contributed by atoms with Crippen LogP contribution in [-0.4, -0.2) is 15.2 Å². The molecule has 0 spiro atoms. The van der Waals surface area contributed by atoms with Gasteiger partial charge >= 0.3 is 0 Å². The molecule has 0 aliphatic rings. The molecule has 1 heterocycles. The maximum absolute atomic E-state index is 5.47. The molecule has 1 aromatic heterocycles. The van der Waals surface area contributed by atoms with Gasteiger partial charge in [-0.15, -0.1) is 5.10 Å². The summed E-state index contributed by atoms with van der Waals surface area (Å²) in [5, 5.41) is 6.70. The number of hydrogen-bond donors (Lipinski definition) is 2. The van der Waals surface area contributed by atoms with Gasteiger partial charge in [-0.05, 0) is 5.41 Å². The molecule has 0 aliphatic carbocycles. The Hall–Kier alpha value is -1.06. The molecule has 4 nitrogen and oxygen atoms in total. The fraction of sp³-hybridized carbons (Fsp3) is 0.778. The van der Waals surface area contributed by atoms with E-state index in [9.17, 15) is 0 Å². The maximum atomic E-state index is 5.47. The quantitative estimate of drug-likeness (QED) is 0.694. The van der Waals surface area contributed by atoms with E-state index in [4.69, 9.17) is 5.73 Å². The van der Waals surface area contributed by atoms with Gasteiger partial charge in [-0.25, -0.2) is 0 Å². The monoisotopic (exact) mass is 182 g/mol. The Morgan fingerprint density at radius 2 is 1.69 bits per heavy atom. The second-order valence-electron chi connectivity index (χ2n) is 4.92. The number of H-pyrrole nitrogens is 1. The summed E-state index contributed by atoms with van der Waals surface area (Å²) < 4.78 is 0. The van der Waals surface area contributed by atoms with Crippen LogP contribution in [-0.2, 0) is 5.41 Å². The number of anilines is 1.